The van der Waals surface area contributed by atoms with Gasteiger partial charge in [-0.2, -0.15) is 5.26 Å². The lowest BCUT2D eigenvalue weighted by atomic mass is 10.0. The van der Waals surface area contributed by atoms with Gasteiger partial charge in [-0.3, -0.25) is 0 Å². The molecule has 0 aromatic rings. The van der Waals surface area contributed by atoms with Gasteiger partial charge in [-0.25, -0.2) is 0 Å². The molecule has 2 heteroatoms. The van der Waals surface area contributed by atoms with Gasteiger partial charge in [0.05, 0.1) is 12.1 Å². The van der Waals surface area contributed by atoms with Crippen molar-refractivity contribution in [2.75, 3.05) is 0 Å². The number of hydrogen-bond donors (Lipinski definition) is 1. The van der Waals surface area contributed by atoms with E-state index in [1.807, 2.05) is 0 Å². The number of rotatable bonds is 16. The first-order chi connectivity index (χ1) is 10.3. The molecule has 0 aliphatic rings. The third-order valence-electron chi connectivity index (χ3n) is 4.28. The van der Waals surface area contributed by atoms with E-state index in [0.29, 0.717) is 0 Å². The first kappa shape index (κ1) is 20.5. The zero-order valence-electron chi connectivity index (χ0n) is 14.4. The lowest BCUT2D eigenvalue weighted by Crippen LogP contribution is -2.16. The highest BCUT2D eigenvalue weighted by atomic mass is 14.6. The van der Waals surface area contributed by atoms with Gasteiger partial charge in [0.25, 0.3) is 0 Å². The minimum Gasteiger partial charge on any atom is -0.316 e. The van der Waals surface area contributed by atoms with Gasteiger partial charge in [-0.05, 0) is 6.42 Å². The molecular formula is C19H38N2. The summed E-state index contributed by atoms with van der Waals surface area (Å²) in [5.74, 6) is 0. The Morgan fingerprint density at radius 1 is 0.667 bits per heavy atom. The van der Waals surface area contributed by atoms with E-state index in [1.54, 1.807) is 0 Å². The molecule has 0 fully saturated rings. The fraction of sp³-hybridized carbons (Fsp3) is 0.947. The summed E-state index contributed by atoms with van der Waals surface area (Å²) in [4.78, 5) is 0. The fourth-order valence-corrected chi connectivity index (χ4v) is 2.80. The van der Waals surface area contributed by atoms with Gasteiger partial charge in [0.1, 0.15) is 0 Å². The van der Waals surface area contributed by atoms with Gasteiger partial charge in [-0.1, -0.05) is 103 Å². The van der Waals surface area contributed by atoms with Gasteiger partial charge in [-0.15, -0.1) is 0 Å². The van der Waals surface area contributed by atoms with Crippen molar-refractivity contribution in [2.24, 2.45) is 5.73 Å². The molecule has 0 heterocycles. The van der Waals surface area contributed by atoms with Crippen LogP contribution < -0.4 is 5.73 Å². The molecule has 1 atom stereocenters. The van der Waals surface area contributed by atoms with Crippen molar-refractivity contribution < 1.29 is 0 Å². The molecule has 21 heavy (non-hydrogen) atoms. The van der Waals surface area contributed by atoms with E-state index in [0.717, 1.165) is 12.8 Å². The summed E-state index contributed by atoms with van der Waals surface area (Å²) in [7, 11) is 0. The van der Waals surface area contributed by atoms with E-state index in [2.05, 4.69) is 13.0 Å². The van der Waals surface area contributed by atoms with Crippen molar-refractivity contribution >= 4 is 0 Å². The summed E-state index contributed by atoms with van der Waals surface area (Å²) in [6.07, 6.45) is 21.6. The molecule has 0 saturated carbocycles. The van der Waals surface area contributed by atoms with Crippen LogP contribution in [0.3, 0.4) is 0 Å². The second-order valence-corrected chi connectivity index (χ2v) is 6.47. The summed E-state index contributed by atoms with van der Waals surface area (Å²) >= 11 is 0. The highest BCUT2D eigenvalue weighted by Gasteiger charge is 1.98. The topological polar surface area (TPSA) is 49.8 Å². The lowest BCUT2D eigenvalue weighted by molar-refractivity contribution is 0.526. The summed E-state index contributed by atoms with van der Waals surface area (Å²) in [5.41, 5.74) is 5.57. The zero-order valence-corrected chi connectivity index (χ0v) is 14.4. The van der Waals surface area contributed by atoms with E-state index >= 15 is 0 Å². The Morgan fingerprint density at radius 2 is 1.00 bits per heavy atom. The van der Waals surface area contributed by atoms with Crippen LogP contribution in [-0.4, -0.2) is 6.04 Å². The van der Waals surface area contributed by atoms with E-state index in [4.69, 9.17) is 11.0 Å². The molecular weight excluding hydrogens is 256 g/mol. The van der Waals surface area contributed by atoms with Crippen LogP contribution in [0.4, 0.5) is 0 Å². The quantitative estimate of drug-likeness (QED) is 0.350. The van der Waals surface area contributed by atoms with Crippen LogP contribution in [0.5, 0.6) is 0 Å². The molecule has 0 bridgehead atoms. The standard InChI is InChI=1S/C19H38N2/c1-2-3-4-5-6-7-8-9-10-11-12-13-14-15-16-17-19(21)18-20/h19H,2-17,21H2,1H3. The van der Waals surface area contributed by atoms with Crippen molar-refractivity contribution in [3.05, 3.63) is 0 Å². The van der Waals surface area contributed by atoms with Crippen molar-refractivity contribution in [3.8, 4) is 6.07 Å². The molecule has 0 aromatic carbocycles. The third kappa shape index (κ3) is 17.4. The van der Waals surface area contributed by atoms with Crippen LogP contribution in [-0.2, 0) is 0 Å². The van der Waals surface area contributed by atoms with Crippen molar-refractivity contribution in [1.82, 2.24) is 0 Å². The number of hydrogen-bond acceptors (Lipinski definition) is 2. The number of nitriles is 1. The molecule has 2 nitrogen and oxygen atoms in total. The average molecular weight is 295 g/mol. The van der Waals surface area contributed by atoms with Crippen molar-refractivity contribution in [2.45, 2.75) is 116 Å². The van der Waals surface area contributed by atoms with Crippen LogP contribution in [0.2, 0.25) is 0 Å². The second-order valence-electron chi connectivity index (χ2n) is 6.47. The minimum atomic E-state index is -0.244. The van der Waals surface area contributed by atoms with Gasteiger partial charge in [0, 0.05) is 0 Å². The summed E-state index contributed by atoms with van der Waals surface area (Å²) < 4.78 is 0. The Labute approximate surface area is 133 Å². The van der Waals surface area contributed by atoms with Crippen LogP contribution in [0.15, 0.2) is 0 Å². The smallest absolute Gasteiger partial charge is 0.0928 e. The highest BCUT2D eigenvalue weighted by Crippen LogP contribution is 2.13. The highest BCUT2D eigenvalue weighted by molar-refractivity contribution is 4.85. The molecule has 0 amide bonds. The Kier molecular flexibility index (Phi) is 17.0. The van der Waals surface area contributed by atoms with E-state index < -0.39 is 0 Å². The monoisotopic (exact) mass is 294 g/mol. The number of nitrogens with two attached hydrogens (primary N) is 1. The average Bonchev–Trinajstić information content (AvgIpc) is 2.50. The third-order valence-corrected chi connectivity index (χ3v) is 4.28. The maximum Gasteiger partial charge on any atom is 0.0928 e. The molecule has 0 rings (SSSR count). The number of unbranched alkanes of at least 4 members (excludes halogenated alkanes) is 14. The molecule has 0 radical (unpaired) electrons. The van der Waals surface area contributed by atoms with E-state index in [9.17, 15) is 0 Å². The zero-order chi connectivity index (χ0) is 15.6. The van der Waals surface area contributed by atoms with Crippen LogP contribution in [0, 0.1) is 11.3 Å². The molecule has 0 aliphatic carbocycles. The first-order valence-electron chi connectivity index (χ1n) is 9.46. The Bertz CT molecular complexity index is 232. The van der Waals surface area contributed by atoms with Gasteiger partial charge in [0.2, 0.25) is 0 Å². The second kappa shape index (κ2) is 17.5. The normalized spacial score (nSPS) is 12.2. The molecule has 0 aromatic heterocycles. The molecule has 124 valence electrons. The molecule has 2 N–H and O–H groups in total. The Hall–Kier alpha value is -0.550. The first-order valence-corrected chi connectivity index (χ1v) is 9.46. The maximum absolute atomic E-state index is 8.58. The summed E-state index contributed by atoms with van der Waals surface area (Å²) in [5, 5.41) is 8.58. The lowest BCUT2D eigenvalue weighted by Gasteiger charge is -2.04. The number of nitrogens with zero attached hydrogens (tertiary/aromatic N) is 1. The molecule has 0 spiro atoms. The van der Waals surface area contributed by atoms with Crippen LogP contribution in [0.1, 0.15) is 110 Å². The van der Waals surface area contributed by atoms with Gasteiger partial charge < -0.3 is 5.73 Å². The summed E-state index contributed by atoms with van der Waals surface area (Å²) in [6, 6.07) is 1.85. The van der Waals surface area contributed by atoms with E-state index in [-0.39, 0.29) is 6.04 Å². The molecule has 1 unspecified atom stereocenters. The predicted molar refractivity (Wildman–Crippen MR) is 93.1 cm³/mol. The Morgan fingerprint density at radius 3 is 1.33 bits per heavy atom. The molecule has 0 saturated heterocycles. The van der Waals surface area contributed by atoms with Gasteiger partial charge in [0.15, 0.2) is 0 Å². The van der Waals surface area contributed by atoms with Gasteiger partial charge >= 0.3 is 0 Å². The summed E-state index contributed by atoms with van der Waals surface area (Å²) in [6.45, 7) is 2.28. The van der Waals surface area contributed by atoms with Crippen molar-refractivity contribution in [1.29, 1.82) is 5.26 Å². The SMILES string of the molecule is CCCCCCCCCCCCCCCCCC(N)C#N. The van der Waals surface area contributed by atoms with Crippen LogP contribution in [0.25, 0.3) is 0 Å². The fourth-order valence-electron chi connectivity index (χ4n) is 2.80. The molecule has 0 aliphatic heterocycles. The Balaban J connectivity index is 2.98. The maximum atomic E-state index is 8.58. The minimum absolute atomic E-state index is 0.244. The largest absolute Gasteiger partial charge is 0.316 e. The van der Waals surface area contributed by atoms with Crippen LogP contribution >= 0.6 is 0 Å². The van der Waals surface area contributed by atoms with Crippen molar-refractivity contribution in [3.63, 3.8) is 0 Å². The predicted octanol–water partition coefficient (Wildman–Crippen LogP) is 6.10. The van der Waals surface area contributed by atoms with E-state index in [1.165, 1.54) is 89.9 Å².